The molecule has 6 rings (SSSR count). The van der Waals surface area contributed by atoms with E-state index in [1.807, 2.05) is 53.4 Å². The summed E-state index contributed by atoms with van der Waals surface area (Å²) in [6, 6.07) is 21.1. The second-order valence-electron chi connectivity index (χ2n) is 9.20. The predicted molar refractivity (Wildman–Crippen MR) is 140 cm³/mol. The number of amides is 1. The first-order chi connectivity index (χ1) is 17.9. The standard InChI is InChI=1S/C28H23FN4O3S/c29-21-6-8-23(9-7-21)32-17-26(19-3-1-4-24(15-19)33-13-2-12-30-33)25-10-5-20(16-27(25)32)28(34)31-22-11-14-37(35,36)18-22/h1-10,12-13,15-17,22H,11,14,18H2,(H,31,34). The number of halogens is 1. The molecule has 1 fully saturated rings. The van der Waals surface area contributed by atoms with Crippen LogP contribution in [0.2, 0.25) is 0 Å². The van der Waals surface area contributed by atoms with E-state index in [-0.39, 0.29) is 23.2 Å². The van der Waals surface area contributed by atoms with Crippen molar-refractivity contribution in [1.29, 1.82) is 0 Å². The van der Waals surface area contributed by atoms with Crippen LogP contribution in [-0.4, -0.2) is 46.2 Å². The zero-order valence-corrected chi connectivity index (χ0v) is 20.5. The molecule has 3 aromatic carbocycles. The van der Waals surface area contributed by atoms with Crippen molar-refractivity contribution in [2.24, 2.45) is 0 Å². The topological polar surface area (TPSA) is 86.0 Å². The van der Waals surface area contributed by atoms with Gasteiger partial charge >= 0.3 is 0 Å². The van der Waals surface area contributed by atoms with E-state index in [0.29, 0.717) is 12.0 Å². The Labute approximate surface area is 213 Å². The van der Waals surface area contributed by atoms with Crippen molar-refractivity contribution >= 4 is 26.6 Å². The van der Waals surface area contributed by atoms with Crippen molar-refractivity contribution in [3.63, 3.8) is 0 Å². The average Bonchev–Trinajstić information content (AvgIpc) is 3.63. The van der Waals surface area contributed by atoms with Gasteiger partial charge in [-0.25, -0.2) is 17.5 Å². The number of nitrogens with one attached hydrogen (secondary N) is 1. The molecule has 7 nitrogen and oxygen atoms in total. The highest BCUT2D eigenvalue weighted by Crippen LogP contribution is 2.34. The van der Waals surface area contributed by atoms with Crippen LogP contribution in [0.3, 0.4) is 0 Å². The molecule has 0 bridgehead atoms. The van der Waals surface area contributed by atoms with Gasteiger partial charge in [0.15, 0.2) is 9.84 Å². The van der Waals surface area contributed by atoms with Gasteiger partial charge < -0.3 is 9.88 Å². The smallest absolute Gasteiger partial charge is 0.251 e. The summed E-state index contributed by atoms with van der Waals surface area (Å²) in [7, 11) is -3.11. The molecular formula is C28H23FN4O3S. The van der Waals surface area contributed by atoms with Crippen LogP contribution in [0, 0.1) is 5.82 Å². The maximum Gasteiger partial charge on any atom is 0.251 e. The lowest BCUT2D eigenvalue weighted by Crippen LogP contribution is -2.35. The Hall–Kier alpha value is -4.24. The minimum Gasteiger partial charge on any atom is -0.348 e. The third-order valence-corrected chi connectivity index (χ3v) is 8.43. The molecule has 3 heterocycles. The minimum atomic E-state index is -3.11. The number of nitrogens with zero attached hydrogens (tertiary/aromatic N) is 3. The van der Waals surface area contributed by atoms with Crippen molar-refractivity contribution in [2.75, 3.05) is 11.5 Å². The van der Waals surface area contributed by atoms with Crippen molar-refractivity contribution in [1.82, 2.24) is 19.7 Å². The Kier molecular flexibility index (Phi) is 5.64. The van der Waals surface area contributed by atoms with Gasteiger partial charge in [-0.1, -0.05) is 18.2 Å². The Morgan fingerprint density at radius 1 is 1.00 bits per heavy atom. The first-order valence-electron chi connectivity index (χ1n) is 11.9. The van der Waals surface area contributed by atoms with E-state index in [0.717, 1.165) is 33.4 Å². The normalized spacial score (nSPS) is 16.7. The monoisotopic (exact) mass is 514 g/mol. The quantitative estimate of drug-likeness (QED) is 0.373. The first kappa shape index (κ1) is 23.2. The molecule has 1 unspecified atom stereocenters. The second-order valence-corrected chi connectivity index (χ2v) is 11.4. The van der Waals surface area contributed by atoms with E-state index in [1.54, 1.807) is 35.1 Å². The number of aromatic nitrogens is 3. The third kappa shape index (κ3) is 4.53. The van der Waals surface area contributed by atoms with Crippen molar-refractivity contribution in [3.05, 3.63) is 103 Å². The SMILES string of the molecule is O=C(NC1CCS(=O)(=O)C1)c1ccc2c(-c3cccc(-n4cccn4)c3)cn(-c3ccc(F)cc3)c2c1. The highest BCUT2D eigenvalue weighted by molar-refractivity contribution is 7.91. The minimum absolute atomic E-state index is 0.0380. The van der Waals surface area contributed by atoms with Gasteiger partial charge in [-0.05, 0) is 66.6 Å². The van der Waals surface area contributed by atoms with Gasteiger partial charge in [0, 0.05) is 46.8 Å². The van der Waals surface area contributed by atoms with Gasteiger partial charge in [0.05, 0.1) is 22.7 Å². The van der Waals surface area contributed by atoms with Crippen LogP contribution in [0.1, 0.15) is 16.8 Å². The van der Waals surface area contributed by atoms with Crippen molar-refractivity contribution in [2.45, 2.75) is 12.5 Å². The molecule has 1 aliphatic rings. The van der Waals surface area contributed by atoms with Crippen LogP contribution in [0.4, 0.5) is 4.39 Å². The van der Waals surface area contributed by atoms with Gasteiger partial charge in [-0.3, -0.25) is 4.79 Å². The van der Waals surface area contributed by atoms with Gasteiger partial charge in [0.25, 0.3) is 5.91 Å². The Morgan fingerprint density at radius 2 is 1.84 bits per heavy atom. The number of benzene rings is 3. The highest BCUT2D eigenvalue weighted by atomic mass is 32.2. The maximum absolute atomic E-state index is 13.7. The van der Waals surface area contributed by atoms with Gasteiger partial charge in [0.1, 0.15) is 5.82 Å². The molecule has 186 valence electrons. The third-order valence-electron chi connectivity index (χ3n) is 6.67. The van der Waals surface area contributed by atoms with E-state index in [2.05, 4.69) is 10.4 Å². The van der Waals surface area contributed by atoms with E-state index >= 15 is 0 Å². The number of rotatable bonds is 5. The van der Waals surface area contributed by atoms with Gasteiger partial charge in [0.2, 0.25) is 0 Å². The summed E-state index contributed by atoms with van der Waals surface area (Å²) in [4.78, 5) is 13.0. The van der Waals surface area contributed by atoms with Crippen LogP contribution < -0.4 is 5.32 Å². The molecule has 1 aliphatic heterocycles. The molecule has 5 aromatic rings. The fourth-order valence-corrected chi connectivity index (χ4v) is 6.50. The molecule has 1 amide bonds. The zero-order valence-electron chi connectivity index (χ0n) is 19.7. The van der Waals surface area contributed by atoms with E-state index in [4.69, 9.17) is 0 Å². The fraction of sp³-hybridized carbons (Fsp3) is 0.143. The first-order valence-corrected chi connectivity index (χ1v) is 13.7. The average molecular weight is 515 g/mol. The number of hydrogen-bond acceptors (Lipinski definition) is 4. The van der Waals surface area contributed by atoms with Crippen LogP contribution >= 0.6 is 0 Å². The summed E-state index contributed by atoms with van der Waals surface area (Å²) in [5.41, 5.74) is 4.77. The predicted octanol–water partition coefficient (Wildman–Crippen LogP) is 4.54. The lowest BCUT2D eigenvalue weighted by atomic mass is 10.0. The molecule has 37 heavy (non-hydrogen) atoms. The zero-order chi connectivity index (χ0) is 25.6. The molecule has 1 N–H and O–H groups in total. The second kappa shape index (κ2) is 9.01. The van der Waals surface area contributed by atoms with Crippen LogP contribution in [0.25, 0.3) is 33.4 Å². The van der Waals surface area contributed by atoms with E-state index < -0.39 is 15.9 Å². The summed E-state index contributed by atoms with van der Waals surface area (Å²) in [6.07, 6.45) is 5.99. The molecule has 0 aliphatic carbocycles. The Morgan fingerprint density at radius 3 is 2.57 bits per heavy atom. The van der Waals surface area contributed by atoms with Gasteiger partial charge in [-0.2, -0.15) is 5.10 Å². The number of hydrogen-bond donors (Lipinski definition) is 1. The Bertz CT molecular complexity index is 1730. The number of carbonyl (C=O) groups is 1. The lowest BCUT2D eigenvalue weighted by Gasteiger charge is -2.12. The molecule has 0 radical (unpaired) electrons. The number of carbonyl (C=O) groups excluding carboxylic acids is 1. The molecule has 0 spiro atoms. The largest absolute Gasteiger partial charge is 0.348 e. The number of fused-ring (bicyclic) bond motifs is 1. The summed E-state index contributed by atoms with van der Waals surface area (Å²) in [6.45, 7) is 0. The van der Waals surface area contributed by atoms with Gasteiger partial charge in [-0.15, -0.1) is 0 Å². The summed E-state index contributed by atoms with van der Waals surface area (Å²) in [5.74, 6) is -0.605. The van der Waals surface area contributed by atoms with E-state index in [9.17, 15) is 17.6 Å². The van der Waals surface area contributed by atoms with Crippen molar-refractivity contribution < 1.29 is 17.6 Å². The summed E-state index contributed by atoms with van der Waals surface area (Å²) >= 11 is 0. The molecule has 1 atom stereocenters. The van der Waals surface area contributed by atoms with Crippen LogP contribution in [-0.2, 0) is 9.84 Å². The highest BCUT2D eigenvalue weighted by Gasteiger charge is 2.29. The lowest BCUT2D eigenvalue weighted by molar-refractivity contribution is 0.0941. The Balaban J connectivity index is 1.44. The molecule has 0 saturated carbocycles. The molecular weight excluding hydrogens is 491 g/mol. The van der Waals surface area contributed by atoms with E-state index in [1.165, 1.54) is 12.1 Å². The fourth-order valence-electron chi connectivity index (χ4n) is 4.83. The maximum atomic E-state index is 13.7. The molecule has 1 saturated heterocycles. The van der Waals surface area contributed by atoms with Crippen molar-refractivity contribution in [3.8, 4) is 22.5 Å². The molecule has 2 aromatic heterocycles. The molecule has 9 heteroatoms. The number of sulfone groups is 1. The summed E-state index contributed by atoms with van der Waals surface area (Å²) in [5, 5.41) is 8.10. The van der Waals surface area contributed by atoms with Crippen LogP contribution in [0.5, 0.6) is 0 Å². The van der Waals surface area contributed by atoms with Crippen LogP contribution in [0.15, 0.2) is 91.4 Å². The summed E-state index contributed by atoms with van der Waals surface area (Å²) < 4.78 is 41.0.